The van der Waals surface area contributed by atoms with E-state index < -0.39 is 15.9 Å². The van der Waals surface area contributed by atoms with Crippen molar-refractivity contribution in [2.45, 2.75) is 25.2 Å². The molecular formula is C18H21ClNO3S-. The van der Waals surface area contributed by atoms with E-state index in [1.54, 1.807) is 0 Å². The van der Waals surface area contributed by atoms with Crippen LogP contribution in [0.2, 0.25) is 0 Å². The first-order chi connectivity index (χ1) is 11.0. The smallest absolute Gasteiger partial charge is 0.154 e. The van der Waals surface area contributed by atoms with E-state index in [2.05, 4.69) is 4.90 Å². The number of nitrogens with zero attached hydrogens (tertiary/aromatic N) is 1. The zero-order valence-electron chi connectivity index (χ0n) is 13.3. The number of hydrogen-bond donors (Lipinski definition) is 1. The lowest BCUT2D eigenvalue weighted by Crippen LogP contribution is -3.00. The summed E-state index contributed by atoms with van der Waals surface area (Å²) >= 11 is 0. The number of aliphatic hydroxyl groups is 1. The molecule has 2 unspecified atom stereocenters. The molecule has 2 aromatic rings. The second-order valence-corrected chi connectivity index (χ2v) is 8.24. The fraction of sp³-hybridized carbons (Fsp3) is 0.333. The summed E-state index contributed by atoms with van der Waals surface area (Å²) < 4.78 is 23.7. The van der Waals surface area contributed by atoms with Gasteiger partial charge in [0.2, 0.25) is 0 Å². The zero-order valence-corrected chi connectivity index (χ0v) is 14.8. The molecule has 4 nitrogen and oxygen atoms in total. The minimum atomic E-state index is -3.17. The van der Waals surface area contributed by atoms with Crippen molar-refractivity contribution in [2.24, 2.45) is 0 Å². The van der Waals surface area contributed by atoms with Gasteiger partial charge in [0, 0.05) is 13.1 Å². The summed E-state index contributed by atoms with van der Waals surface area (Å²) in [6, 6.07) is 19.5. The van der Waals surface area contributed by atoms with Crippen LogP contribution in [-0.4, -0.2) is 42.1 Å². The summed E-state index contributed by atoms with van der Waals surface area (Å²) in [4.78, 5) is 2.07. The molecule has 2 aromatic carbocycles. The summed E-state index contributed by atoms with van der Waals surface area (Å²) in [5, 5.41) is 10.2. The quantitative estimate of drug-likeness (QED) is 0.726. The average Bonchev–Trinajstić information content (AvgIpc) is 2.81. The zero-order chi connectivity index (χ0) is 16.3. The van der Waals surface area contributed by atoms with Crippen LogP contribution in [0.15, 0.2) is 60.7 Å². The van der Waals surface area contributed by atoms with Crippen LogP contribution in [0, 0.1) is 0 Å². The van der Waals surface area contributed by atoms with Crippen molar-refractivity contribution in [3.63, 3.8) is 0 Å². The molecule has 2 atom stereocenters. The molecule has 0 aromatic heterocycles. The molecule has 1 heterocycles. The van der Waals surface area contributed by atoms with Crippen LogP contribution in [-0.2, 0) is 22.9 Å². The predicted molar refractivity (Wildman–Crippen MR) is 90.6 cm³/mol. The van der Waals surface area contributed by atoms with Gasteiger partial charge in [-0.3, -0.25) is 4.90 Å². The van der Waals surface area contributed by atoms with E-state index in [4.69, 9.17) is 0 Å². The average molecular weight is 367 g/mol. The summed E-state index contributed by atoms with van der Waals surface area (Å²) in [5.41, 5.74) is 2.22. The fourth-order valence-corrected chi connectivity index (χ4v) is 4.92. The normalized spacial score (nSPS) is 22.2. The van der Waals surface area contributed by atoms with E-state index in [1.807, 2.05) is 60.7 Å². The largest absolute Gasteiger partial charge is 1.00 e. The van der Waals surface area contributed by atoms with Gasteiger partial charge in [0.25, 0.3) is 0 Å². The Kier molecular flexibility index (Phi) is 6.40. The third-order valence-corrected chi connectivity index (χ3v) is 5.92. The number of aliphatic hydroxyl groups excluding tert-OH is 1. The minimum absolute atomic E-state index is 0. The number of rotatable bonds is 5. The first kappa shape index (κ1) is 18.9. The molecule has 6 heteroatoms. The molecule has 0 amide bonds. The van der Waals surface area contributed by atoms with Gasteiger partial charge in [-0.25, -0.2) is 8.42 Å². The molecular weight excluding hydrogens is 346 g/mol. The van der Waals surface area contributed by atoms with Crippen molar-refractivity contribution < 1.29 is 25.9 Å². The van der Waals surface area contributed by atoms with Gasteiger partial charge in [-0.05, 0) is 11.1 Å². The first-order valence-corrected chi connectivity index (χ1v) is 9.56. The second-order valence-electron chi connectivity index (χ2n) is 6.09. The molecule has 24 heavy (non-hydrogen) atoms. The number of benzene rings is 2. The highest BCUT2D eigenvalue weighted by atomic mass is 35.5. The molecule has 0 saturated carbocycles. The summed E-state index contributed by atoms with van der Waals surface area (Å²) in [6.45, 7) is 1.24. The number of halogens is 1. The number of sulfone groups is 1. The molecule has 0 aliphatic carbocycles. The highest BCUT2D eigenvalue weighted by Gasteiger charge is 2.39. The lowest BCUT2D eigenvalue weighted by atomic mass is 10.1. The van der Waals surface area contributed by atoms with Crippen LogP contribution in [0.5, 0.6) is 0 Å². The molecule has 0 bridgehead atoms. The summed E-state index contributed by atoms with van der Waals surface area (Å²) in [7, 11) is -3.17. The minimum Gasteiger partial charge on any atom is -1.00 e. The Labute approximate surface area is 149 Å². The van der Waals surface area contributed by atoms with Crippen LogP contribution in [0.25, 0.3) is 0 Å². The molecule has 0 spiro atoms. The van der Waals surface area contributed by atoms with Gasteiger partial charge in [-0.15, -0.1) is 0 Å². The van der Waals surface area contributed by atoms with Gasteiger partial charge in [-0.1, -0.05) is 60.7 Å². The highest BCUT2D eigenvalue weighted by Crippen LogP contribution is 2.22. The Morgan fingerprint density at radius 2 is 1.33 bits per heavy atom. The third kappa shape index (κ3) is 4.80. The van der Waals surface area contributed by atoms with Crippen LogP contribution in [0.3, 0.4) is 0 Å². The molecule has 1 N–H and O–H groups in total. The number of hydrogen-bond acceptors (Lipinski definition) is 4. The van der Waals surface area contributed by atoms with Crippen molar-refractivity contribution in [2.75, 3.05) is 11.5 Å². The second kappa shape index (κ2) is 8.12. The molecule has 1 aliphatic rings. The Morgan fingerprint density at radius 1 is 0.875 bits per heavy atom. The Balaban J connectivity index is 0.00000208. The monoisotopic (exact) mass is 366 g/mol. The highest BCUT2D eigenvalue weighted by molar-refractivity contribution is 7.91. The van der Waals surface area contributed by atoms with E-state index in [-0.39, 0.29) is 30.0 Å². The van der Waals surface area contributed by atoms with Crippen LogP contribution < -0.4 is 12.4 Å². The maximum Gasteiger partial charge on any atom is 0.154 e. The van der Waals surface area contributed by atoms with Crippen molar-refractivity contribution in [1.82, 2.24) is 4.90 Å². The van der Waals surface area contributed by atoms with Crippen molar-refractivity contribution in [1.29, 1.82) is 0 Å². The molecule has 0 radical (unpaired) electrons. The van der Waals surface area contributed by atoms with Crippen LogP contribution in [0.1, 0.15) is 11.1 Å². The van der Waals surface area contributed by atoms with Gasteiger partial charge in [0.05, 0.1) is 23.7 Å². The van der Waals surface area contributed by atoms with Gasteiger partial charge in [0.15, 0.2) is 9.84 Å². The molecule has 3 rings (SSSR count). The van der Waals surface area contributed by atoms with E-state index in [0.29, 0.717) is 13.1 Å². The fourth-order valence-electron chi connectivity index (χ4n) is 3.09. The SMILES string of the molecule is O=S1(=O)CC(O)C(N(Cc2ccccc2)Cc2ccccc2)C1.[Cl-]. The Hall–Kier alpha value is -1.40. The van der Waals surface area contributed by atoms with Crippen molar-refractivity contribution in [3.05, 3.63) is 71.8 Å². The van der Waals surface area contributed by atoms with E-state index in [0.717, 1.165) is 11.1 Å². The molecule has 1 fully saturated rings. The topological polar surface area (TPSA) is 57.6 Å². The van der Waals surface area contributed by atoms with Crippen molar-refractivity contribution in [3.8, 4) is 0 Å². The lowest BCUT2D eigenvalue weighted by Gasteiger charge is -2.30. The van der Waals surface area contributed by atoms with E-state index in [9.17, 15) is 13.5 Å². The summed E-state index contributed by atoms with van der Waals surface area (Å²) in [5.74, 6) is -0.119. The molecule has 1 aliphatic heterocycles. The summed E-state index contributed by atoms with van der Waals surface area (Å²) in [6.07, 6.45) is -0.826. The molecule has 130 valence electrons. The van der Waals surface area contributed by atoms with Crippen LogP contribution in [0.4, 0.5) is 0 Å². The van der Waals surface area contributed by atoms with Crippen molar-refractivity contribution >= 4 is 9.84 Å². The maximum atomic E-state index is 11.9. The van der Waals surface area contributed by atoms with Gasteiger partial charge < -0.3 is 17.5 Å². The Morgan fingerprint density at radius 3 is 1.71 bits per heavy atom. The lowest BCUT2D eigenvalue weighted by molar-refractivity contribution is -0.0000101. The van der Waals surface area contributed by atoms with Gasteiger partial charge in [0.1, 0.15) is 0 Å². The van der Waals surface area contributed by atoms with Gasteiger partial charge in [-0.2, -0.15) is 0 Å². The van der Waals surface area contributed by atoms with Gasteiger partial charge >= 0.3 is 0 Å². The molecule has 1 saturated heterocycles. The Bertz CT molecular complexity index is 696. The van der Waals surface area contributed by atoms with E-state index >= 15 is 0 Å². The third-order valence-electron chi connectivity index (χ3n) is 4.22. The van der Waals surface area contributed by atoms with E-state index in [1.165, 1.54) is 0 Å². The maximum absolute atomic E-state index is 11.9. The van der Waals surface area contributed by atoms with Crippen LogP contribution >= 0.6 is 0 Å². The predicted octanol–water partition coefficient (Wildman–Crippen LogP) is -1.15. The standard InChI is InChI=1S/C18H21NO3S.ClH/c20-18-14-23(21,22)13-17(18)19(11-15-7-3-1-4-8-15)12-16-9-5-2-6-10-16;/h1-10,17-18,20H,11-14H2;1H/p-1. The first-order valence-electron chi connectivity index (χ1n) is 7.74.